The standard InChI is InChI=1S/C17H25NO3/c1-17(2,3)21-16(20)18-14-9-13(11-19)15(10-14)12-7-5-4-6-8-12/h4-8,13-15,19H,9-11H2,1-3H3,(H,18,20)/t13-,14-,15-/m1/s1. The van der Waals surface area contributed by atoms with E-state index in [4.69, 9.17) is 4.74 Å². The van der Waals surface area contributed by atoms with Crippen molar-refractivity contribution in [1.82, 2.24) is 5.32 Å². The highest BCUT2D eigenvalue weighted by molar-refractivity contribution is 5.68. The smallest absolute Gasteiger partial charge is 0.407 e. The van der Waals surface area contributed by atoms with Gasteiger partial charge in [-0.3, -0.25) is 0 Å². The first-order chi connectivity index (χ1) is 9.89. The third-order valence-electron chi connectivity index (χ3n) is 3.88. The zero-order valence-electron chi connectivity index (χ0n) is 13.0. The molecule has 1 aliphatic carbocycles. The molecular weight excluding hydrogens is 266 g/mol. The van der Waals surface area contributed by atoms with Gasteiger partial charge < -0.3 is 15.2 Å². The number of benzene rings is 1. The van der Waals surface area contributed by atoms with Crippen LogP contribution in [-0.4, -0.2) is 29.4 Å². The van der Waals surface area contributed by atoms with E-state index < -0.39 is 5.60 Å². The monoisotopic (exact) mass is 291 g/mol. The zero-order valence-corrected chi connectivity index (χ0v) is 13.0. The Kier molecular flexibility index (Phi) is 4.88. The van der Waals surface area contributed by atoms with Crippen molar-refractivity contribution in [3.63, 3.8) is 0 Å². The van der Waals surface area contributed by atoms with E-state index in [1.54, 1.807) is 0 Å². The Hall–Kier alpha value is -1.55. The van der Waals surface area contributed by atoms with E-state index >= 15 is 0 Å². The average molecular weight is 291 g/mol. The van der Waals surface area contributed by atoms with E-state index in [2.05, 4.69) is 17.4 Å². The minimum atomic E-state index is -0.488. The predicted octanol–water partition coefficient (Wildman–Crippen LogP) is 3.07. The summed E-state index contributed by atoms with van der Waals surface area (Å²) >= 11 is 0. The summed E-state index contributed by atoms with van der Waals surface area (Å²) in [5, 5.41) is 12.5. The summed E-state index contributed by atoms with van der Waals surface area (Å²) in [7, 11) is 0. The first-order valence-corrected chi connectivity index (χ1v) is 7.54. The lowest BCUT2D eigenvalue weighted by molar-refractivity contribution is 0.0503. The lowest BCUT2D eigenvalue weighted by Gasteiger charge is -2.21. The van der Waals surface area contributed by atoms with E-state index in [-0.39, 0.29) is 30.6 Å². The summed E-state index contributed by atoms with van der Waals surface area (Å²) in [6.07, 6.45) is 1.25. The Morgan fingerprint density at radius 1 is 1.29 bits per heavy atom. The number of hydrogen-bond donors (Lipinski definition) is 2. The van der Waals surface area contributed by atoms with Gasteiger partial charge in [-0.1, -0.05) is 30.3 Å². The summed E-state index contributed by atoms with van der Waals surface area (Å²) in [4.78, 5) is 11.9. The van der Waals surface area contributed by atoms with Crippen LogP contribution in [0.1, 0.15) is 45.1 Å². The van der Waals surface area contributed by atoms with E-state index in [0.29, 0.717) is 0 Å². The Bertz CT molecular complexity index is 467. The number of amides is 1. The number of carbonyl (C=O) groups excluding carboxylic acids is 1. The van der Waals surface area contributed by atoms with Crippen molar-refractivity contribution < 1.29 is 14.6 Å². The van der Waals surface area contributed by atoms with Crippen LogP contribution in [0, 0.1) is 5.92 Å². The van der Waals surface area contributed by atoms with Gasteiger partial charge in [0.15, 0.2) is 0 Å². The Morgan fingerprint density at radius 3 is 2.52 bits per heavy atom. The highest BCUT2D eigenvalue weighted by Crippen LogP contribution is 2.39. The molecule has 0 bridgehead atoms. The summed E-state index contributed by atoms with van der Waals surface area (Å²) in [5.41, 5.74) is 0.739. The molecule has 1 aromatic carbocycles. The summed E-state index contributed by atoms with van der Waals surface area (Å²) in [6.45, 7) is 5.70. The van der Waals surface area contributed by atoms with Crippen molar-refractivity contribution in [3.8, 4) is 0 Å². The normalized spacial score (nSPS) is 25.6. The topological polar surface area (TPSA) is 58.6 Å². The molecule has 0 radical (unpaired) electrons. The van der Waals surface area contributed by atoms with Gasteiger partial charge in [0.1, 0.15) is 5.60 Å². The van der Waals surface area contributed by atoms with Crippen molar-refractivity contribution >= 4 is 6.09 Å². The maximum absolute atomic E-state index is 11.9. The molecule has 2 N–H and O–H groups in total. The SMILES string of the molecule is CC(C)(C)OC(=O)N[C@@H]1C[C@H](CO)[C@@H](c2ccccc2)C1. The van der Waals surface area contributed by atoms with Crippen molar-refractivity contribution in [2.24, 2.45) is 5.92 Å². The molecule has 1 fully saturated rings. The molecule has 116 valence electrons. The minimum Gasteiger partial charge on any atom is -0.444 e. The van der Waals surface area contributed by atoms with Gasteiger partial charge in [-0.15, -0.1) is 0 Å². The van der Waals surface area contributed by atoms with Crippen LogP contribution in [0.5, 0.6) is 0 Å². The van der Waals surface area contributed by atoms with Gasteiger partial charge in [0.2, 0.25) is 0 Å². The molecule has 1 amide bonds. The molecule has 0 aromatic heterocycles. The molecule has 21 heavy (non-hydrogen) atoms. The highest BCUT2D eigenvalue weighted by atomic mass is 16.6. The van der Waals surface area contributed by atoms with Crippen LogP contribution in [0.4, 0.5) is 4.79 Å². The molecule has 0 spiro atoms. The first kappa shape index (κ1) is 15.8. The van der Waals surface area contributed by atoms with Gasteiger partial charge >= 0.3 is 6.09 Å². The van der Waals surface area contributed by atoms with Gasteiger partial charge in [0.25, 0.3) is 0 Å². The van der Waals surface area contributed by atoms with Crippen molar-refractivity contribution in [3.05, 3.63) is 35.9 Å². The lowest BCUT2D eigenvalue weighted by Crippen LogP contribution is -2.38. The van der Waals surface area contributed by atoms with E-state index in [0.717, 1.165) is 12.8 Å². The third kappa shape index (κ3) is 4.46. The molecule has 1 saturated carbocycles. The largest absolute Gasteiger partial charge is 0.444 e. The molecule has 1 aliphatic rings. The van der Waals surface area contributed by atoms with E-state index in [9.17, 15) is 9.90 Å². The number of hydrogen-bond acceptors (Lipinski definition) is 3. The number of carbonyl (C=O) groups is 1. The second-order valence-electron chi connectivity index (χ2n) is 6.77. The Labute approximate surface area is 126 Å². The fourth-order valence-corrected chi connectivity index (χ4v) is 3.03. The summed E-state index contributed by atoms with van der Waals surface area (Å²) < 4.78 is 5.30. The molecule has 3 atom stereocenters. The summed E-state index contributed by atoms with van der Waals surface area (Å²) in [5.74, 6) is 0.475. The number of nitrogens with one attached hydrogen (secondary N) is 1. The van der Waals surface area contributed by atoms with Gasteiger partial charge in [-0.05, 0) is 51.0 Å². The first-order valence-electron chi connectivity index (χ1n) is 7.54. The molecule has 0 heterocycles. The maximum atomic E-state index is 11.9. The number of aliphatic hydroxyl groups is 1. The second-order valence-corrected chi connectivity index (χ2v) is 6.77. The molecule has 4 nitrogen and oxygen atoms in total. The molecular formula is C17H25NO3. The average Bonchev–Trinajstić information content (AvgIpc) is 2.80. The van der Waals surface area contributed by atoms with Crippen LogP contribution >= 0.6 is 0 Å². The predicted molar refractivity (Wildman–Crippen MR) is 82.2 cm³/mol. The molecule has 0 aliphatic heterocycles. The quantitative estimate of drug-likeness (QED) is 0.900. The van der Waals surface area contributed by atoms with Crippen molar-refractivity contribution in [2.45, 2.75) is 51.2 Å². The van der Waals surface area contributed by atoms with Crippen LogP contribution < -0.4 is 5.32 Å². The fourth-order valence-electron chi connectivity index (χ4n) is 3.03. The van der Waals surface area contributed by atoms with Gasteiger partial charge in [0.05, 0.1) is 0 Å². The van der Waals surface area contributed by atoms with Crippen LogP contribution in [-0.2, 0) is 4.74 Å². The highest BCUT2D eigenvalue weighted by Gasteiger charge is 2.36. The zero-order chi connectivity index (χ0) is 15.5. The fraction of sp³-hybridized carbons (Fsp3) is 0.588. The number of aliphatic hydroxyl groups excluding tert-OH is 1. The van der Waals surface area contributed by atoms with E-state index in [1.165, 1.54) is 5.56 Å². The number of alkyl carbamates (subject to hydrolysis) is 1. The lowest BCUT2D eigenvalue weighted by atomic mass is 9.89. The second kappa shape index (κ2) is 6.48. The molecule has 4 heteroatoms. The van der Waals surface area contributed by atoms with Crippen molar-refractivity contribution in [1.29, 1.82) is 0 Å². The molecule has 1 aromatic rings. The van der Waals surface area contributed by atoms with E-state index in [1.807, 2.05) is 39.0 Å². The summed E-state index contributed by atoms with van der Waals surface area (Å²) in [6, 6.07) is 10.2. The van der Waals surface area contributed by atoms with Gasteiger partial charge in [0, 0.05) is 12.6 Å². The maximum Gasteiger partial charge on any atom is 0.407 e. The number of ether oxygens (including phenoxy) is 1. The van der Waals surface area contributed by atoms with Gasteiger partial charge in [-0.2, -0.15) is 0 Å². The number of rotatable bonds is 3. The molecule has 0 unspecified atom stereocenters. The van der Waals surface area contributed by atoms with Crippen LogP contribution in [0.25, 0.3) is 0 Å². The van der Waals surface area contributed by atoms with Crippen molar-refractivity contribution in [2.75, 3.05) is 6.61 Å². The Morgan fingerprint density at radius 2 is 1.95 bits per heavy atom. The van der Waals surface area contributed by atoms with Crippen LogP contribution in [0.15, 0.2) is 30.3 Å². The molecule has 2 rings (SSSR count). The molecule has 0 saturated heterocycles. The minimum absolute atomic E-state index is 0.0576. The van der Waals surface area contributed by atoms with Gasteiger partial charge in [-0.25, -0.2) is 4.79 Å². The third-order valence-corrected chi connectivity index (χ3v) is 3.88. The van der Waals surface area contributed by atoms with Crippen LogP contribution in [0.3, 0.4) is 0 Å². The van der Waals surface area contributed by atoms with Crippen LogP contribution in [0.2, 0.25) is 0 Å². The Balaban J connectivity index is 1.98.